The van der Waals surface area contributed by atoms with E-state index < -0.39 is 11.7 Å². The number of nitrogens with one attached hydrogen (secondary N) is 1. The fourth-order valence-electron chi connectivity index (χ4n) is 2.89. The molecule has 1 N–H and O–H groups in total. The van der Waals surface area contributed by atoms with E-state index in [9.17, 15) is 13.2 Å². The van der Waals surface area contributed by atoms with Crippen molar-refractivity contribution in [1.29, 1.82) is 0 Å². The minimum atomic E-state index is -4.10. The van der Waals surface area contributed by atoms with Crippen LogP contribution in [0.15, 0.2) is 0 Å². The number of rotatable bonds is 1. The van der Waals surface area contributed by atoms with Gasteiger partial charge in [0.2, 0.25) is 0 Å². The quantitative estimate of drug-likeness (QED) is 0.783. The predicted molar refractivity (Wildman–Crippen MR) is 65.4 cm³/mol. The van der Waals surface area contributed by atoms with Crippen molar-refractivity contribution in [1.82, 2.24) is 10.2 Å². The number of hydrogen-bond donors (Lipinski definition) is 1. The summed E-state index contributed by atoms with van der Waals surface area (Å²) >= 11 is 0. The predicted octanol–water partition coefficient (Wildman–Crippen LogP) is 2.79. The molecule has 0 aromatic heterocycles. The first-order valence-electron chi connectivity index (χ1n) is 6.65. The minimum absolute atomic E-state index is 0.0138. The molecule has 0 aromatic carbocycles. The molecule has 2 atom stereocenters. The molecular formula is C13H23F3N2. The van der Waals surface area contributed by atoms with E-state index in [2.05, 4.69) is 26.1 Å². The fourth-order valence-corrected chi connectivity index (χ4v) is 2.89. The average molecular weight is 264 g/mol. The molecule has 0 spiro atoms. The summed E-state index contributed by atoms with van der Waals surface area (Å²) in [7, 11) is 0. The molecule has 2 rings (SSSR count). The van der Waals surface area contributed by atoms with Crippen LogP contribution in [0.3, 0.4) is 0 Å². The third-order valence-electron chi connectivity index (χ3n) is 4.42. The average Bonchev–Trinajstić information content (AvgIpc) is 2.96. The number of alkyl halides is 3. The van der Waals surface area contributed by atoms with Crippen LogP contribution in [0.25, 0.3) is 0 Å². The molecule has 5 heteroatoms. The molecule has 1 heterocycles. The van der Waals surface area contributed by atoms with E-state index in [-0.39, 0.29) is 30.3 Å². The highest BCUT2D eigenvalue weighted by molar-refractivity contribution is 5.12. The number of hydrogen-bond acceptors (Lipinski definition) is 2. The Bertz CT molecular complexity index is 315. The van der Waals surface area contributed by atoms with Gasteiger partial charge in [0.15, 0.2) is 0 Å². The second kappa shape index (κ2) is 4.10. The van der Waals surface area contributed by atoms with Gasteiger partial charge < -0.3 is 5.32 Å². The maximum absolute atomic E-state index is 13.2. The number of halogens is 3. The summed E-state index contributed by atoms with van der Waals surface area (Å²) in [6.45, 7) is 9.24. The van der Waals surface area contributed by atoms with Crippen LogP contribution in [-0.2, 0) is 0 Å². The first kappa shape index (κ1) is 14.1. The molecule has 2 unspecified atom stereocenters. The number of piperazine rings is 1. The Morgan fingerprint density at radius 3 is 2.11 bits per heavy atom. The molecule has 1 saturated heterocycles. The van der Waals surface area contributed by atoms with E-state index in [4.69, 9.17) is 0 Å². The molecule has 18 heavy (non-hydrogen) atoms. The van der Waals surface area contributed by atoms with E-state index in [1.54, 1.807) is 4.90 Å². The van der Waals surface area contributed by atoms with Crippen molar-refractivity contribution < 1.29 is 13.2 Å². The molecule has 2 aliphatic rings. The summed E-state index contributed by atoms with van der Waals surface area (Å²) in [4.78, 5) is 1.69. The van der Waals surface area contributed by atoms with Gasteiger partial charge in [-0.1, -0.05) is 20.8 Å². The van der Waals surface area contributed by atoms with E-state index in [0.717, 1.165) is 0 Å². The zero-order valence-electron chi connectivity index (χ0n) is 11.6. The highest BCUT2D eigenvalue weighted by atomic mass is 19.4. The van der Waals surface area contributed by atoms with Crippen LogP contribution in [0.4, 0.5) is 13.2 Å². The van der Waals surface area contributed by atoms with Gasteiger partial charge in [0, 0.05) is 25.2 Å². The SMILES string of the molecule is CC1CNC(C(C)(C)C)CN1C1(C(F)(F)F)CC1. The molecule has 1 aliphatic heterocycles. The van der Waals surface area contributed by atoms with Crippen molar-refractivity contribution >= 4 is 0 Å². The highest BCUT2D eigenvalue weighted by Crippen LogP contribution is 2.54. The summed E-state index contributed by atoms with van der Waals surface area (Å²) in [6, 6.07) is 0.0706. The third-order valence-corrected chi connectivity index (χ3v) is 4.42. The van der Waals surface area contributed by atoms with Crippen molar-refractivity contribution in [2.24, 2.45) is 5.41 Å². The lowest BCUT2D eigenvalue weighted by Crippen LogP contribution is -2.65. The molecule has 1 aliphatic carbocycles. The Hall–Kier alpha value is -0.290. The lowest BCUT2D eigenvalue weighted by molar-refractivity contribution is -0.207. The van der Waals surface area contributed by atoms with Gasteiger partial charge in [-0.05, 0) is 25.2 Å². The van der Waals surface area contributed by atoms with E-state index in [0.29, 0.717) is 13.1 Å². The summed E-state index contributed by atoms with van der Waals surface area (Å²) in [6.07, 6.45) is -3.57. The molecular weight excluding hydrogens is 241 g/mol. The third kappa shape index (κ3) is 2.27. The van der Waals surface area contributed by atoms with Crippen LogP contribution in [0.5, 0.6) is 0 Å². The Balaban J connectivity index is 2.17. The van der Waals surface area contributed by atoms with Gasteiger partial charge in [-0.2, -0.15) is 13.2 Å². The topological polar surface area (TPSA) is 15.3 Å². The molecule has 0 radical (unpaired) electrons. The Morgan fingerprint density at radius 1 is 1.17 bits per heavy atom. The summed E-state index contributed by atoms with van der Waals surface area (Å²) in [5.41, 5.74) is -1.54. The van der Waals surface area contributed by atoms with Crippen molar-refractivity contribution in [3.63, 3.8) is 0 Å². The van der Waals surface area contributed by atoms with Crippen molar-refractivity contribution in [3.8, 4) is 0 Å². The maximum Gasteiger partial charge on any atom is 0.406 e. The first-order valence-corrected chi connectivity index (χ1v) is 6.65. The molecule has 2 nitrogen and oxygen atoms in total. The van der Waals surface area contributed by atoms with Gasteiger partial charge >= 0.3 is 6.18 Å². The molecule has 0 amide bonds. The second-order valence-electron chi connectivity index (χ2n) is 6.86. The molecule has 2 fully saturated rings. The molecule has 1 saturated carbocycles. The van der Waals surface area contributed by atoms with Crippen LogP contribution in [0, 0.1) is 5.41 Å². The monoisotopic (exact) mass is 264 g/mol. The molecule has 0 bridgehead atoms. The van der Waals surface area contributed by atoms with Crippen LogP contribution < -0.4 is 5.32 Å². The highest BCUT2D eigenvalue weighted by Gasteiger charge is 2.67. The Morgan fingerprint density at radius 2 is 1.72 bits per heavy atom. The van der Waals surface area contributed by atoms with E-state index in [1.165, 1.54) is 0 Å². The minimum Gasteiger partial charge on any atom is -0.311 e. The van der Waals surface area contributed by atoms with Crippen LogP contribution in [0.1, 0.15) is 40.5 Å². The van der Waals surface area contributed by atoms with Crippen LogP contribution in [-0.4, -0.2) is 41.8 Å². The Kier molecular flexibility index (Phi) is 3.22. The smallest absolute Gasteiger partial charge is 0.311 e. The molecule has 106 valence electrons. The van der Waals surface area contributed by atoms with Crippen molar-refractivity contribution in [2.45, 2.75) is 64.3 Å². The maximum atomic E-state index is 13.2. The first-order chi connectivity index (χ1) is 8.08. The normalized spacial score (nSPS) is 33.5. The van der Waals surface area contributed by atoms with Crippen molar-refractivity contribution in [2.75, 3.05) is 13.1 Å². The van der Waals surface area contributed by atoms with Crippen LogP contribution in [0.2, 0.25) is 0 Å². The zero-order chi connectivity index (χ0) is 13.8. The van der Waals surface area contributed by atoms with E-state index >= 15 is 0 Å². The van der Waals surface area contributed by atoms with Gasteiger partial charge in [0.25, 0.3) is 0 Å². The number of nitrogens with zero attached hydrogens (tertiary/aromatic N) is 1. The van der Waals surface area contributed by atoms with Crippen LogP contribution >= 0.6 is 0 Å². The largest absolute Gasteiger partial charge is 0.406 e. The lowest BCUT2D eigenvalue weighted by Gasteiger charge is -2.47. The second-order valence-corrected chi connectivity index (χ2v) is 6.86. The molecule has 0 aromatic rings. The summed E-state index contributed by atoms with van der Waals surface area (Å²) in [5, 5.41) is 3.38. The summed E-state index contributed by atoms with van der Waals surface area (Å²) < 4.78 is 39.6. The van der Waals surface area contributed by atoms with Gasteiger partial charge in [0.05, 0.1) is 0 Å². The fraction of sp³-hybridized carbons (Fsp3) is 1.00. The van der Waals surface area contributed by atoms with Crippen molar-refractivity contribution in [3.05, 3.63) is 0 Å². The van der Waals surface area contributed by atoms with Gasteiger partial charge in [-0.3, -0.25) is 4.90 Å². The Labute approximate surface area is 107 Å². The van der Waals surface area contributed by atoms with Gasteiger partial charge in [0.1, 0.15) is 5.54 Å². The standard InChI is InChI=1S/C13H23F3N2/c1-9-7-17-10(11(2,3)4)8-18(9)12(5-6-12)13(14,15)16/h9-10,17H,5-8H2,1-4H3. The zero-order valence-corrected chi connectivity index (χ0v) is 11.6. The van der Waals surface area contributed by atoms with Gasteiger partial charge in [-0.15, -0.1) is 0 Å². The van der Waals surface area contributed by atoms with E-state index in [1.807, 2.05) is 6.92 Å². The van der Waals surface area contributed by atoms with Gasteiger partial charge in [-0.25, -0.2) is 0 Å². The lowest BCUT2D eigenvalue weighted by atomic mass is 9.84. The summed E-state index contributed by atoms with van der Waals surface area (Å²) in [5.74, 6) is 0.